The molecule has 0 saturated carbocycles. The van der Waals surface area contributed by atoms with Gasteiger partial charge in [0.2, 0.25) is 5.91 Å². The lowest BCUT2D eigenvalue weighted by Crippen LogP contribution is -2.15. The van der Waals surface area contributed by atoms with E-state index in [0.717, 1.165) is 10.6 Å². The van der Waals surface area contributed by atoms with Crippen molar-refractivity contribution < 1.29 is 9.90 Å². The third-order valence-corrected chi connectivity index (χ3v) is 3.93. The Bertz CT molecular complexity index is 362. The maximum atomic E-state index is 10.9. The molecule has 0 fully saturated rings. The van der Waals surface area contributed by atoms with Crippen molar-refractivity contribution in [1.82, 2.24) is 0 Å². The lowest BCUT2D eigenvalue weighted by molar-refractivity contribution is -0.114. The summed E-state index contributed by atoms with van der Waals surface area (Å²) in [6.07, 6.45) is 0. The van der Waals surface area contributed by atoms with Crippen LogP contribution in [0.25, 0.3) is 0 Å². The van der Waals surface area contributed by atoms with Crippen molar-refractivity contribution in [3.63, 3.8) is 0 Å². The maximum absolute atomic E-state index is 10.9. The lowest BCUT2D eigenvalue weighted by atomic mass is 10.1. The number of carbonyl (C=O) groups excluding carboxylic acids is 1. The first-order valence-corrected chi connectivity index (χ1v) is 6.56. The first kappa shape index (κ1) is 14.1. The Kier molecular flexibility index (Phi) is 5.51. The van der Waals surface area contributed by atoms with Crippen molar-refractivity contribution in [2.24, 2.45) is 5.92 Å². The van der Waals surface area contributed by atoms with Crippen molar-refractivity contribution in [3.8, 4) is 0 Å². The minimum absolute atomic E-state index is 0.0687. The molecule has 2 N–H and O–H groups in total. The van der Waals surface area contributed by atoms with Crippen molar-refractivity contribution in [2.45, 2.75) is 30.9 Å². The molecule has 94 valence electrons. The highest BCUT2D eigenvalue weighted by Crippen LogP contribution is 2.28. The Labute approximate surface area is 107 Å². The largest absolute Gasteiger partial charge is 0.395 e. The summed E-state index contributed by atoms with van der Waals surface area (Å²) >= 11 is 1.66. The highest BCUT2D eigenvalue weighted by atomic mass is 32.2. The molecule has 1 unspecified atom stereocenters. The molecule has 0 radical (unpaired) electrons. The number of thioether (sulfide) groups is 1. The quantitative estimate of drug-likeness (QED) is 0.793. The molecule has 0 aliphatic carbocycles. The molecule has 0 saturated heterocycles. The highest BCUT2D eigenvalue weighted by molar-refractivity contribution is 8.00. The molecule has 17 heavy (non-hydrogen) atoms. The number of carbonyl (C=O) groups is 1. The van der Waals surface area contributed by atoms with Gasteiger partial charge in [-0.1, -0.05) is 13.8 Å². The predicted molar refractivity (Wildman–Crippen MR) is 72.3 cm³/mol. The van der Waals surface area contributed by atoms with Gasteiger partial charge in [-0.15, -0.1) is 11.8 Å². The van der Waals surface area contributed by atoms with Gasteiger partial charge < -0.3 is 10.4 Å². The van der Waals surface area contributed by atoms with Gasteiger partial charge in [-0.25, -0.2) is 0 Å². The summed E-state index contributed by atoms with van der Waals surface area (Å²) in [6.45, 7) is 5.86. The van der Waals surface area contributed by atoms with Gasteiger partial charge in [-0.3, -0.25) is 4.79 Å². The standard InChI is InChI=1S/C13H19NO2S/c1-9(2)13(8-15)17-12-6-4-11(5-7-12)14-10(3)16/h4-7,9,13,15H,8H2,1-3H3,(H,14,16). The maximum Gasteiger partial charge on any atom is 0.221 e. The number of rotatable bonds is 5. The van der Waals surface area contributed by atoms with Crippen LogP contribution in [0.3, 0.4) is 0 Å². The Morgan fingerprint density at radius 2 is 1.94 bits per heavy atom. The third kappa shape index (κ3) is 4.79. The van der Waals surface area contributed by atoms with E-state index >= 15 is 0 Å². The number of nitrogens with one attached hydrogen (secondary N) is 1. The summed E-state index contributed by atoms with van der Waals surface area (Å²) in [4.78, 5) is 12.0. The number of anilines is 1. The smallest absolute Gasteiger partial charge is 0.221 e. The van der Waals surface area contributed by atoms with E-state index in [1.807, 2.05) is 24.3 Å². The summed E-state index contributed by atoms with van der Waals surface area (Å²) in [5.41, 5.74) is 0.798. The van der Waals surface area contributed by atoms with Crippen LogP contribution in [0.2, 0.25) is 0 Å². The number of benzene rings is 1. The minimum atomic E-state index is -0.0687. The van der Waals surface area contributed by atoms with Crippen molar-refractivity contribution in [2.75, 3.05) is 11.9 Å². The highest BCUT2D eigenvalue weighted by Gasteiger charge is 2.13. The summed E-state index contributed by atoms with van der Waals surface area (Å²) in [5.74, 6) is 0.362. The van der Waals surface area contributed by atoms with E-state index in [1.54, 1.807) is 11.8 Å². The Balaban J connectivity index is 2.64. The van der Waals surface area contributed by atoms with Crippen LogP contribution in [0.1, 0.15) is 20.8 Å². The average Bonchev–Trinajstić information content (AvgIpc) is 2.26. The van der Waals surface area contributed by atoms with Crippen molar-refractivity contribution in [1.29, 1.82) is 0 Å². The van der Waals surface area contributed by atoms with Gasteiger partial charge in [-0.2, -0.15) is 0 Å². The van der Waals surface area contributed by atoms with Crippen LogP contribution in [0.4, 0.5) is 5.69 Å². The monoisotopic (exact) mass is 253 g/mol. The molecule has 3 nitrogen and oxygen atoms in total. The molecule has 0 bridgehead atoms. The summed E-state index contributed by atoms with van der Waals surface area (Å²) in [5, 5.41) is 12.2. The van der Waals surface area contributed by atoms with Gasteiger partial charge in [0.05, 0.1) is 6.61 Å². The van der Waals surface area contributed by atoms with Crippen LogP contribution in [0.15, 0.2) is 29.2 Å². The predicted octanol–water partition coefficient (Wildman–Crippen LogP) is 2.75. The van der Waals surface area contributed by atoms with Crippen molar-refractivity contribution in [3.05, 3.63) is 24.3 Å². The first-order valence-electron chi connectivity index (χ1n) is 5.68. The SMILES string of the molecule is CC(=O)Nc1ccc(SC(CO)C(C)C)cc1. The number of hydrogen-bond acceptors (Lipinski definition) is 3. The fourth-order valence-corrected chi connectivity index (χ4v) is 2.37. The minimum Gasteiger partial charge on any atom is -0.395 e. The van der Waals surface area contributed by atoms with Crippen LogP contribution in [0.5, 0.6) is 0 Å². The lowest BCUT2D eigenvalue weighted by Gasteiger charge is -2.17. The van der Waals surface area contributed by atoms with Crippen LogP contribution in [-0.2, 0) is 4.79 Å². The van der Waals surface area contributed by atoms with Crippen LogP contribution < -0.4 is 5.32 Å². The number of aliphatic hydroxyl groups excluding tert-OH is 1. The van der Waals surface area contributed by atoms with Crippen LogP contribution in [-0.4, -0.2) is 22.9 Å². The van der Waals surface area contributed by atoms with Crippen LogP contribution in [0, 0.1) is 5.92 Å². The molecule has 0 aliphatic rings. The Hall–Kier alpha value is -1.00. The van der Waals surface area contributed by atoms with Crippen LogP contribution >= 0.6 is 11.8 Å². The number of amides is 1. The number of aliphatic hydroxyl groups is 1. The third-order valence-electron chi connectivity index (χ3n) is 2.39. The zero-order valence-corrected chi connectivity index (χ0v) is 11.3. The molecule has 0 aromatic heterocycles. The van der Waals surface area contributed by atoms with E-state index in [2.05, 4.69) is 19.2 Å². The first-order chi connectivity index (χ1) is 8.02. The average molecular weight is 253 g/mol. The Morgan fingerprint density at radius 3 is 2.35 bits per heavy atom. The Morgan fingerprint density at radius 1 is 1.35 bits per heavy atom. The topological polar surface area (TPSA) is 49.3 Å². The second kappa shape index (κ2) is 6.67. The fraction of sp³-hybridized carbons (Fsp3) is 0.462. The summed E-state index contributed by atoms with van der Waals surface area (Å²) < 4.78 is 0. The molecule has 1 atom stereocenters. The molecular formula is C13H19NO2S. The number of hydrogen-bond donors (Lipinski definition) is 2. The molecule has 0 spiro atoms. The second-order valence-corrected chi connectivity index (χ2v) is 5.60. The van der Waals surface area contributed by atoms with E-state index < -0.39 is 0 Å². The molecular weight excluding hydrogens is 234 g/mol. The molecule has 1 amide bonds. The van der Waals surface area contributed by atoms with E-state index in [0.29, 0.717) is 5.92 Å². The van der Waals surface area contributed by atoms with Gasteiger partial charge in [0.1, 0.15) is 0 Å². The molecule has 0 aliphatic heterocycles. The van der Waals surface area contributed by atoms with Gasteiger partial charge in [0, 0.05) is 22.8 Å². The zero-order valence-electron chi connectivity index (χ0n) is 10.4. The van der Waals surface area contributed by atoms with E-state index in [1.165, 1.54) is 6.92 Å². The van der Waals surface area contributed by atoms with Crippen molar-refractivity contribution >= 4 is 23.4 Å². The van der Waals surface area contributed by atoms with Gasteiger partial charge in [0.25, 0.3) is 0 Å². The summed E-state index contributed by atoms with van der Waals surface area (Å²) in [6, 6.07) is 7.67. The van der Waals surface area contributed by atoms with Gasteiger partial charge in [0.15, 0.2) is 0 Å². The fourth-order valence-electron chi connectivity index (χ4n) is 1.38. The molecule has 0 heterocycles. The molecule has 1 rings (SSSR count). The summed E-state index contributed by atoms with van der Waals surface area (Å²) in [7, 11) is 0. The van der Waals surface area contributed by atoms with E-state index in [4.69, 9.17) is 0 Å². The zero-order chi connectivity index (χ0) is 12.8. The normalized spacial score (nSPS) is 12.5. The van der Waals surface area contributed by atoms with E-state index in [-0.39, 0.29) is 17.8 Å². The molecule has 4 heteroatoms. The molecule has 1 aromatic carbocycles. The second-order valence-electron chi connectivity index (χ2n) is 4.29. The van der Waals surface area contributed by atoms with E-state index in [9.17, 15) is 9.90 Å². The van der Waals surface area contributed by atoms with Gasteiger partial charge in [-0.05, 0) is 30.2 Å². The molecule has 1 aromatic rings. The van der Waals surface area contributed by atoms with Gasteiger partial charge >= 0.3 is 0 Å².